The molecule has 10 nitrogen and oxygen atoms in total. The summed E-state index contributed by atoms with van der Waals surface area (Å²) in [5.74, 6) is 2.49. The average molecular weight is 498 g/mol. The fraction of sp³-hybridized carbons (Fsp3) is 0.577. The van der Waals surface area contributed by atoms with E-state index in [-0.39, 0.29) is 6.03 Å². The van der Waals surface area contributed by atoms with Crippen molar-refractivity contribution in [2.45, 2.75) is 32.7 Å². The van der Waals surface area contributed by atoms with Crippen molar-refractivity contribution >= 4 is 23.5 Å². The minimum absolute atomic E-state index is 0.131. The lowest BCUT2D eigenvalue weighted by Crippen LogP contribution is -2.48. The molecule has 0 unspecified atom stereocenters. The first-order chi connectivity index (χ1) is 17.5. The molecule has 2 aliphatic heterocycles. The molecule has 1 saturated heterocycles. The number of carbonyl (C=O) groups excluding carboxylic acids is 1. The van der Waals surface area contributed by atoms with Crippen molar-refractivity contribution in [2.75, 3.05) is 82.2 Å². The third-order valence-electron chi connectivity index (χ3n) is 6.88. The van der Waals surface area contributed by atoms with Crippen LogP contribution in [0.3, 0.4) is 0 Å². The van der Waals surface area contributed by atoms with Crippen molar-refractivity contribution in [2.24, 2.45) is 0 Å². The van der Waals surface area contributed by atoms with Gasteiger partial charge in [-0.1, -0.05) is 6.42 Å². The van der Waals surface area contributed by atoms with Crippen LogP contribution in [0, 0.1) is 0 Å². The number of piperazine rings is 1. The summed E-state index contributed by atoms with van der Waals surface area (Å²) in [6, 6.07) is 5.32. The van der Waals surface area contributed by atoms with Gasteiger partial charge in [0.05, 0.1) is 26.5 Å². The molecule has 0 spiro atoms. The van der Waals surface area contributed by atoms with Gasteiger partial charge >= 0.3 is 6.03 Å². The summed E-state index contributed by atoms with van der Waals surface area (Å²) >= 11 is 0. The Morgan fingerprint density at radius 2 is 1.72 bits per heavy atom. The summed E-state index contributed by atoms with van der Waals surface area (Å²) < 4.78 is 10.8. The fourth-order valence-corrected chi connectivity index (χ4v) is 4.65. The molecule has 36 heavy (non-hydrogen) atoms. The highest BCUT2D eigenvalue weighted by Gasteiger charge is 2.32. The van der Waals surface area contributed by atoms with E-state index in [1.807, 2.05) is 25.3 Å². The molecule has 0 saturated carbocycles. The van der Waals surface area contributed by atoms with Gasteiger partial charge in [-0.3, -0.25) is 9.80 Å². The molecule has 1 aromatic carbocycles. The van der Waals surface area contributed by atoms with Gasteiger partial charge in [-0.15, -0.1) is 0 Å². The zero-order chi connectivity index (χ0) is 25.5. The van der Waals surface area contributed by atoms with Gasteiger partial charge < -0.3 is 24.6 Å². The second kappa shape index (κ2) is 12.2. The van der Waals surface area contributed by atoms with Crippen LogP contribution in [0.15, 0.2) is 24.4 Å². The third-order valence-corrected chi connectivity index (χ3v) is 6.88. The van der Waals surface area contributed by atoms with Gasteiger partial charge in [0, 0.05) is 69.2 Å². The highest BCUT2D eigenvalue weighted by molar-refractivity contribution is 6.05. The van der Waals surface area contributed by atoms with E-state index in [2.05, 4.69) is 27.1 Å². The molecule has 1 N–H and O–H groups in total. The van der Waals surface area contributed by atoms with Crippen molar-refractivity contribution in [1.29, 1.82) is 0 Å². The van der Waals surface area contributed by atoms with Crippen LogP contribution < -0.4 is 24.6 Å². The number of anilines is 3. The van der Waals surface area contributed by atoms with Gasteiger partial charge in [0.1, 0.15) is 17.3 Å². The summed E-state index contributed by atoms with van der Waals surface area (Å²) in [7, 11) is 5.38. The number of urea groups is 1. The molecule has 3 heterocycles. The third kappa shape index (κ3) is 6.17. The summed E-state index contributed by atoms with van der Waals surface area (Å²) in [5.41, 5.74) is 1.61. The molecule has 0 atom stereocenters. The number of ether oxygens (including phenoxy) is 2. The molecule has 10 heteroatoms. The molecule has 2 amide bonds. The normalized spacial score (nSPS) is 16.7. The van der Waals surface area contributed by atoms with E-state index >= 15 is 0 Å². The first-order valence-corrected chi connectivity index (χ1v) is 12.8. The number of nitrogens with zero attached hydrogens (tertiary/aromatic N) is 6. The maximum absolute atomic E-state index is 13.4. The Kier molecular flexibility index (Phi) is 8.82. The van der Waals surface area contributed by atoms with Crippen molar-refractivity contribution in [3.63, 3.8) is 0 Å². The van der Waals surface area contributed by atoms with Crippen molar-refractivity contribution in [3.05, 3.63) is 30.0 Å². The molecule has 0 radical (unpaired) electrons. The van der Waals surface area contributed by atoms with Crippen LogP contribution in [0.5, 0.6) is 11.5 Å². The molecular weight excluding hydrogens is 458 g/mol. The number of benzene rings is 1. The number of rotatable bonds is 11. The Labute approximate surface area is 214 Å². The lowest BCUT2D eigenvalue weighted by Gasteiger charge is -2.35. The van der Waals surface area contributed by atoms with Crippen LogP contribution in [-0.2, 0) is 6.54 Å². The predicted octanol–water partition coefficient (Wildman–Crippen LogP) is 3.29. The number of likely N-dealkylation sites (N-methyl/N-ethyl adjacent to an activating group) is 1. The Bertz CT molecular complexity index is 1000. The molecular formula is C26H39N7O3. The van der Waals surface area contributed by atoms with Gasteiger partial charge in [-0.05, 0) is 33.4 Å². The number of hydrogen-bond donors (Lipinski definition) is 1. The van der Waals surface area contributed by atoms with E-state index in [1.54, 1.807) is 30.1 Å². The standard InChI is InChI=1S/C26H39N7O3/c1-5-32-24-20(19-33(26(32)34)21-15-22(35-3)17-23(16-21)36-4)18-28-25(29-24)27-9-7-6-8-10-31-13-11-30(2)12-14-31/h15-18H,5-14,19H2,1-4H3,(H,27,28,29). The minimum Gasteiger partial charge on any atom is -0.497 e. The summed E-state index contributed by atoms with van der Waals surface area (Å²) in [5, 5.41) is 3.34. The number of hydrogen-bond acceptors (Lipinski definition) is 8. The maximum atomic E-state index is 13.4. The van der Waals surface area contributed by atoms with Gasteiger partial charge in [0.2, 0.25) is 5.95 Å². The van der Waals surface area contributed by atoms with E-state index in [0.29, 0.717) is 42.0 Å². The molecule has 1 aromatic heterocycles. The summed E-state index contributed by atoms with van der Waals surface area (Å²) in [6.07, 6.45) is 5.26. The monoisotopic (exact) mass is 497 g/mol. The topological polar surface area (TPSA) is 86.3 Å². The number of fused-ring (bicyclic) bond motifs is 1. The maximum Gasteiger partial charge on any atom is 0.330 e. The lowest BCUT2D eigenvalue weighted by molar-refractivity contribution is 0.152. The molecule has 2 aliphatic rings. The van der Waals surface area contributed by atoms with Crippen molar-refractivity contribution < 1.29 is 14.3 Å². The molecule has 0 bridgehead atoms. The van der Waals surface area contributed by atoms with Crippen LogP contribution >= 0.6 is 0 Å². The zero-order valence-corrected chi connectivity index (χ0v) is 22.0. The van der Waals surface area contributed by atoms with E-state index in [9.17, 15) is 4.79 Å². The highest BCUT2D eigenvalue weighted by Crippen LogP contribution is 2.34. The predicted molar refractivity (Wildman–Crippen MR) is 142 cm³/mol. The number of amides is 2. The number of unbranched alkanes of at least 4 members (excludes halogenated alkanes) is 2. The number of carbonyl (C=O) groups is 1. The summed E-state index contributed by atoms with van der Waals surface area (Å²) in [4.78, 5) is 31.0. The van der Waals surface area contributed by atoms with Crippen LogP contribution in [0.4, 0.5) is 22.2 Å². The molecule has 2 aromatic rings. The van der Waals surface area contributed by atoms with Gasteiger partial charge in [0.25, 0.3) is 0 Å². The first-order valence-electron chi connectivity index (χ1n) is 12.8. The smallest absolute Gasteiger partial charge is 0.330 e. The SMILES string of the molecule is CCN1C(=O)N(c2cc(OC)cc(OC)c2)Cc2cnc(NCCCCCN3CCN(C)CC3)nc21. The van der Waals surface area contributed by atoms with Gasteiger partial charge in [-0.2, -0.15) is 4.98 Å². The highest BCUT2D eigenvalue weighted by atomic mass is 16.5. The van der Waals surface area contributed by atoms with Crippen LogP contribution in [0.2, 0.25) is 0 Å². The van der Waals surface area contributed by atoms with Gasteiger partial charge in [-0.25, -0.2) is 9.78 Å². The molecule has 4 rings (SSSR count). The van der Waals surface area contributed by atoms with Crippen LogP contribution in [-0.4, -0.2) is 92.9 Å². The fourth-order valence-electron chi connectivity index (χ4n) is 4.65. The van der Waals surface area contributed by atoms with Crippen LogP contribution in [0.1, 0.15) is 31.7 Å². The molecule has 196 valence electrons. The van der Waals surface area contributed by atoms with E-state index < -0.39 is 0 Å². The van der Waals surface area contributed by atoms with E-state index in [1.165, 1.54) is 45.6 Å². The number of nitrogens with one attached hydrogen (secondary N) is 1. The molecule has 1 fully saturated rings. The average Bonchev–Trinajstić information content (AvgIpc) is 2.91. The minimum atomic E-state index is -0.131. The quantitative estimate of drug-likeness (QED) is 0.474. The number of aromatic nitrogens is 2. The second-order valence-corrected chi connectivity index (χ2v) is 9.36. The van der Waals surface area contributed by atoms with E-state index in [4.69, 9.17) is 14.5 Å². The molecule has 0 aliphatic carbocycles. The Morgan fingerprint density at radius 3 is 2.39 bits per heavy atom. The van der Waals surface area contributed by atoms with Crippen LogP contribution in [0.25, 0.3) is 0 Å². The van der Waals surface area contributed by atoms with E-state index in [0.717, 1.165) is 18.5 Å². The second-order valence-electron chi connectivity index (χ2n) is 9.36. The van der Waals surface area contributed by atoms with Crippen molar-refractivity contribution in [3.8, 4) is 11.5 Å². The first kappa shape index (κ1) is 26.0. The summed E-state index contributed by atoms with van der Waals surface area (Å²) in [6.45, 7) is 9.51. The Hall–Kier alpha value is -3.11. The Balaban J connectivity index is 1.34. The Morgan fingerprint density at radius 1 is 1.00 bits per heavy atom. The lowest BCUT2D eigenvalue weighted by atomic mass is 10.1. The van der Waals surface area contributed by atoms with Gasteiger partial charge in [0.15, 0.2) is 0 Å². The number of methoxy groups -OCH3 is 2. The van der Waals surface area contributed by atoms with Crippen molar-refractivity contribution in [1.82, 2.24) is 19.8 Å². The largest absolute Gasteiger partial charge is 0.497 e. The zero-order valence-electron chi connectivity index (χ0n) is 22.0.